The van der Waals surface area contributed by atoms with Crippen molar-refractivity contribution in [1.29, 1.82) is 0 Å². The Hall–Kier alpha value is -1.51. The summed E-state index contributed by atoms with van der Waals surface area (Å²) in [5, 5.41) is 10.9. The lowest BCUT2D eigenvalue weighted by Gasteiger charge is -2.14. The first kappa shape index (κ1) is 15.9. The highest BCUT2D eigenvalue weighted by molar-refractivity contribution is 7.93. The number of benzene rings is 1. The number of hydrogen-bond donors (Lipinski definition) is 2. The second-order valence-corrected chi connectivity index (χ2v) is 7.41. The lowest BCUT2D eigenvalue weighted by molar-refractivity contribution is 0.585. The van der Waals surface area contributed by atoms with E-state index >= 15 is 0 Å². The van der Waals surface area contributed by atoms with E-state index in [1.54, 1.807) is 12.1 Å². The minimum atomic E-state index is -3.64. The van der Waals surface area contributed by atoms with Crippen molar-refractivity contribution in [3.05, 3.63) is 34.8 Å². The minimum absolute atomic E-state index is 0.264. The SMILES string of the molecule is Cc1c(CNC(C)C)cccc1S(=O)(=O)Nc1nncs1. The maximum Gasteiger partial charge on any atom is 0.263 e. The van der Waals surface area contributed by atoms with Crippen LogP contribution < -0.4 is 10.0 Å². The molecule has 2 aromatic rings. The molecule has 6 nitrogen and oxygen atoms in total. The van der Waals surface area contributed by atoms with Gasteiger partial charge in [-0.1, -0.05) is 37.3 Å². The van der Waals surface area contributed by atoms with Crippen molar-refractivity contribution < 1.29 is 8.42 Å². The average Bonchev–Trinajstić information content (AvgIpc) is 2.89. The van der Waals surface area contributed by atoms with Crippen molar-refractivity contribution in [2.75, 3.05) is 4.72 Å². The molecule has 1 aromatic carbocycles. The molecule has 0 atom stereocenters. The zero-order valence-corrected chi connectivity index (χ0v) is 13.8. The molecule has 0 saturated heterocycles. The molecule has 1 aromatic heterocycles. The third-order valence-corrected chi connectivity index (χ3v) is 5.19. The first-order chi connectivity index (χ1) is 9.90. The van der Waals surface area contributed by atoms with Crippen molar-refractivity contribution in [2.45, 2.75) is 38.3 Å². The quantitative estimate of drug-likeness (QED) is 0.850. The van der Waals surface area contributed by atoms with Crippen LogP contribution in [0.4, 0.5) is 5.13 Å². The highest BCUT2D eigenvalue weighted by atomic mass is 32.2. The maximum atomic E-state index is 12.4. The standard InChI is InChI=1S/C13H18N4O2S2/c1-9(2)14-7-11-5-4-6-12(10(11)3)21(18,19)17-13-16-15-8-20-13/h4-6,8-9,14H,7H2,1-3H3,(H,16,17). The van der Waals surface area contributed by atoms with E-state index < -0.39 is 10.0 Å². The van der Waals surface area contributed by atoms with E-state index in [1.807, 2.05) is 26.8 Å². The number of sulfonamides is 1. The van der Waals surface area contributed by atoms with Crippen LogP contribution in [0, 0.1) is 6.92 Å². The molecule has 21 heavy (non-hydrogen) atoms. The predicted molar refractivity (Wildman–Crippen MR) is 83.9 cm³/mol. The molecule has 2 N–H and O–H groups in total. The van der Waals surface area contributed by atoms with Gasteiger partial charge in [-0.25, -0.2) is 8.42 Å². The Balaban J connectivity index is 2.28. The molecule has 0 spiro atoms. The number of nitrogens with zero attached hydrogens (tertiary/aromatic N) is 2. The first-order valence-corrected chi connectivity index (χ1v) is 8.87. The fourth-order valence-electron chi connectivity index (χ4n) is 1.84. The molecule has 1 heterocycles. The summed E-state index contributed by atoms with van der Waals surface area (Å²) in [4.78, 5) is 0.265. The summed E-state index contributed by atoms with van der Waals surface area (Å²) in [6.07, 6.45) is 0. The van der Waals surface area contributed by atoms with Crippen molar-refractivity contribution in [2.24, 2.45) is 0 Å². The Morgan fingerprint density at radius 2 is 2.10 bits per heavy atom. The topological polar surface area (TPSA) is 84.0 Å². The van der Waals surface area contributed by atoms with Gasteiger partial charge in [-0.15, -0.1) is 10.2 Å². The van der Waals surface area contributed by atoms with E-state index in [0.29, 0.717) is 12.6 Å². The summed E-state index contributed by atoms with van der Waals surface area (Å²) in [6.45, 7) is 6.54. The second kappa shape index (κ2) is 6.50. The van der Waals surface area contributed by atoms with E-state index in [4.69, 9.17) is 0 Å². The molecule has 0 aliphatic heterocycles. The summed E-state index contributed by atoms with van der Waals surface area (Å²) in [7, 11) is -3.64. The lowest BCUT2D eigenvalue weighted by Crippen LogP contribution is -2.23. The zero-order valence-electron chi connectivity index (χ0n) is 12.1. The molecule has 0 aliphatic rings. The van der Waals surface area contributed by atoms with Gasteiger partial charge in [0.05, 0.1) is 4.90 Å². The molecular weight excluding hydrogens is 308 g/mol. The molecule has 0 amide bonds. The number of nitrogens with one attached hydrogen (secondary N) is 2. The largest absolute Gasteiger partial charge is 0.310 e. The molecule has 0 unspecified atom stereocenters. The predicted octanol–water partition coefficient (Wildman–Crippen LogP) is 2.15. The highest BCUT2D eigenvalue weighted by Crippen LogP contribution is 2.22. The van der Waals surface area contributed by atoms with Crippen LogP contribution >= 0.6 is 11.3 Å². The normalized spacial score (nSPS) is 11.8. The smallest absolute Gasteiger partial charge is 0.263 e. The van der Waals surface area contributed by atoms with E-state index in [-0.39, 0.29) is 10.0 Å². The van der Waals surface area contributed by atoms with Gasteiger partial charge in [0.15, 0.2) is 0 Å². The van der Waals surface area contributed by atoms with Crippen molar-refractivity contribution >= 4 is 26.5 Å². The van der Waals surface area contributed by atoms with Gasteiger partial charge in [-0.3, -0.25) is 4.72 Å². The molecule has 8 heteroatoms. The molecule has 0 aliphatic carbocycles. The summed E-state index contributed by atoms with van der Waals surface area (Å²) in [6, 6.07) is 5.61. The van der Waals surface area contributed by atoms with Crippen LogP contribution in [0.1, 0.15) is 25.0 Å². The van der Waals surface area contributed by atoms with Gasteiger partial charge in [0.2, 0.25) is 5.13 Å². The Morgan fingerprint density at radius 3 is 2.71 bits per heavy atom. The summed E-state index contributed by atoms with van der Waals surface area (Å²) in [5.41, 5.74) is 3.18. The third kappa shape index (κ3) is 3.99. The Bertz CT molecular complexity index is 697. The Kier molecular flexibility index (Phi) is 4.92. The van der Waals surface area contributed by atoms with Crippen molar-refractivity contribution in [3.8, 4) is 0 Å². The molecule has 0 radical (unpaired) electrons. The molecule has 0 fully saturated rings. The average molecular weight is 326 g/mol. The minimum Gasteiger partial charge on any atom is -0.310 e. The van der Waals surface area contributed by atoms with Crippen LogP contribution in [0.2, 0.25) is 0 Å². The van der Waals surface area contributed by atoms with Gasteiger partial charge >= 0.3 is 0 Å². The van der Waals surface area contributed by atoms with Crippen LogP contribution in [0.15, 0.2) is 28.6 Å². The van der Waals surface area contributed by atoms with E-state index in [2.05, 4.69) is 20.2 Å². The molecule has 0 bridgehead atoms. The van der Waals surface area contributed by atoms with Crippen LogP contribution in [-0.2, 0) is 16.6 Å². The van der Waals surface area contributed by atoms with Crippen LogP contribution in [0.25, 0.3) is 0 Å². The summed E-state index contributed by atoms with van der Waals surface area (Å²) < 4.78 is 27.3. The summed E-state index contributed by atoms with van der Waals surface area (Å²) in [5.74, 6) is 0. The zero-order chi connectivity index (χ0) is 15.5. The molecule has 114 valence electrons. The Labute approximate surface area is 128 Å². The molecule has 2 rings (SSSR count). The fraction of sp³-hybridized carbons (Fsp3) is 0.385. The fourth-order valence-corrected chi connectivity index (χ4v) is 3.83. The van der Waals surface area contributed by atoms with E-state index in [0.717, 1.165) is 22.5 Å². The highest BCUT2D eigenvalue weighted by Gasteiger charge is 2.19. The number of rotatable bonds is 6. The van der Waals surface area contributed by atoms with Crippen molar-refractivity contribution in [1.82, 2.24) is 15.5 Å². The lowest BCUT2D eigenvalue weighted by atomic mass is 10.1. The van der Waals surface area contributed by atoms with Gasteiger partial charge in [-0.05, 0) is 24.1 Å². The van der Waals surface area contributed by atoms with Crippen LogP contribution in [0.5, 0.6) is 0 Å². The molecular formula is C13H18N4O2S2. The van der Waals surface area contributed by atoms with Crippen LogP contribution in [0.3, 0.4) is 0 Å². The number of anilines is 1. The van der Waals surface area contributed by atoms with Gasteiger partial charge in [0.25, 0.3) is 10.0 Å². The van der Waals surface area contributed by atoms with Gasteiger partial charge < -0.3 is 5.32 Å². The van der Waals surface area contributed by atoms with Gasteiger partial charge in [0, 0.05) is 12.6 Å². The molecule has 0 saturated carbocycles. The maximum absolute atomic E-state index is 12.4. The number of aromatic nitrogens is 2. The van der Waals surface area contributed by atoms with Crippen molar-refractivity contribution in [3.63, 3.8) is 0 Å². The first-order valence-electron chi connectivity index (χ1n) is 6.51. The summed E-state index contributed by atoms with van der Waals surface area (Å²) >= 11 is 1.14. The van der Waals surface area contributed by atoms with Gasteiger partial charge in [0.1, 0.15) is 5.51 Å². The van der Waals surface area contributed by atoms with E-state index in [9.17, 15) is 8.42 Å². The van der Waals surface area contributed by atoms with Gasteiger partial charge in [-0.2, -0.15) is 0 Å². The van der Waals surface area contributed by atoms with Crippen LogP contribution in [-0.4, -0.2) is 24.7 Å². The number of hydrogen-bond acceptors (Lipinski definition) is 6. The monoisotopic (exact) mass is 326 g/mol. The Morgan fingerprint density at radius 1 is 1.33 bits per heavy atom. The third-order valence-electron chi connectivity index (χ3n) is 2.97. The van der Waals surface area contributed by atoms with E-state index in [1.165, 1.54) is 5.51 Å². The second-order valence-electron chi connectivity index (χ2n) is 4.93.